The van der Waals surface area contributed by atoms with Crippen LogP contribution in [0.3, 0.4) is 0 Å². The second-order valence-electron chi connectivity index (χ2n) is 6.79. The van der Waals surface area contributed by atoms with Gasteiger partial charge in [-0.15, -0.1) is 0 Å². The summed E-state index contributed by atoms with van der Waals surface area (Å²) in [4.78, 5) is 28.4. The van der Waals surface area contributed by atoms with Gasteiger partial charge in [0.1, 0.15) is 6.07 Å². The Morgan fingerprint density at radius 1 is 1.00 bits per heavy atom. The lowest BCUT2D eigenvalue weighted by atomic mass is 10.1. The van der Waals surface area contributed by atoms with Crippen molar-refractivity contribution in [2.24, 2.45) is 0 Å². The molecule has 7 nitrogen and oxygen atoms in total. The Morgan fingerprint density at radius 3 is 2.21 bits per heavy atom. The lowest BCUT2D eigenvalue weighted by Crippen LogP contribution is -2.40. The Bertz CT molecular complexity index is 869. The molecule has 0 aliphatic heterocycles. The Balaban J connectivity index is 2.01. The van der Waals surface area contributed by atoms with Gasteiger partial charge >= 0.3 is 11.8 Å². The molecule has 0 aliphatic carbocycles. The lowest BCUT2D eigenvalue weighted by molar-refractivity contribution is -0.136. The number of amides is 2. The van der Waals surface area contributed by atoms with E-state index in [9.17, 15) is 9.59 Å². The highest BCUT2D eigenvalue weighted by Crippen LogP contribution is 2.21. The van der Waals surface area contributed by atoms with Crippen LogP contribution in [-0.4, -0.2) is 51.4 Å². The van der Waals surface area contributed by atoms with Crippen LogP contribution in [0.15, 0.2) is 48.5 Å². The molecule has 0 unspecified atom stereocenters. The van der Waals surface area contributed by atoms with E-state index in [1.807, 2.05) is 68.3 Å². The predicted octanol–water partition coefficient (Wildman–Crippen LogP) is 1.98. The second kappa shape index (κ2) is 9.53. The van der Waals surface area contributed by atoms with Gasteiger partial charge in [-0.1, -0.05) is 24.3 Å². The first-order chi connectivity index (χ1) is 13.3. The maximum atomic E-state index is 12.2. The van der Waals surface area contributed by atoms with Crippen LogP contribution in [-0.2, 0) is 9.59 Å². The molecular formula is C21H25N5O2. The zero-order valence-electron chi connectivity index (χ0n) is 16.6. The average molecular weight is 379 g/mol. The number of nitriles is 1. The summed E-state index contributed by atoms with van der Waals surface area (Å²) < 4.78 is 0. The first-order valence-electron chi connectivity index (χ1n) is 8.85. The first-order valence-corrected chi connectivity index (χ1v) is 8.85. The van der Waals surface area contributed by atoms with Crippen molar-refractivity contribution in [3.8, 4) is 6.07 Å². The van der Waals surface area contributed by atoms with Gasteiger partial charge in [-0.25, -0.2) is 0 Å². The Hall–Kier alpha value is -3.37. The van der Waals surface area contributed by atoms with E-state index in [-0.39, 0.29) is 12.6 Å². The number of carbonyl (C=O) groups is 2. The maximum Gasteiger partial charge on any atom is 0.313 e. The molecule has 0 saturated heterocycles. The van der Waals surface area contributed by atoms with Crippen LogP contribution in [0.4, 0.5) is 11.4 Å². The minimum absolute atomic E-state index is 0.0839. The van der Waals surface area contributed by atoms with Crippen LogP contribution in [0, 0.1) is 11.3 Å². The number of hydrogen-bond acceptors (Lipinski definition) is 5. The number of hydrogen-bond donors (Lipinski definition) is 2. The van der Waals surface area contributed by atoms with Crippen LogP contribution < -0.4 is 15.5 Å². The van der Waals surface area contributed by atoms with E-state index in [4.69, 9.17) is 5.26 Å². The number of carbonyl (C=O) groups excluding carboxylic acids is 2. The van der Waals surface area contributed by atoms with E-state index in [0.717, 1.165) is 11.3 Å². The van der Waals surface area contributed by atoms with E-state index in [1.165, 1.54) is 0 Å². The van der Waals surface area contributed by atoms with Gasteiger partial charge in [-0.2, -0.15) is 5.26 Å². The second-order valence-corrected chi connectivity index (χ2v) is 6.79. The zero-order valence-corrected chi connectivity index (χ0v) is 16.6. The predicted molar refractivity (Wildman–Crippen MR) is 110 cm³/mol. The minimum atomic E-state index is -0.803. The highest BCUT2D eigenvalue weighted by molar-refractivity contribution is 6.39. The normalized spacial score (nSPS) is 11.4. The maximum absolute atomic E-state index is 12.2. The van der Waals surface area contributed by atoms with Crippen LogP contribution in [0.2, 0.25) is 0 Å². The van der Waals surface area contributed by atoms with Crippen molar-refractivity contribution in [1.82, 2.24) is 10.2 Å². The van der Waals surface area contributed by atoms with Crippen molar-refractivity contribution in [1.29, 1.82) is 5.26 Å². The molecule has 0 spiro atoms. The number of para-hydroxylation sites is 1. The number of nitrogens with one attached hydrogen (secondary N) is 2. The van der Waals surface area contributed by atoms with Crippen LogP contribution in [0.1, 0.15) is 17.2 Å². The molecule has 2 N–H and O–H groups in total. The third kappa shape index (κ3) is 5.32. The van der Waals surface area contributed by atoms with Crippen molar-refractivity contribution in [2.45, 2.75) is 6.04 Å². The largest absolute Gasteiger partial charge is 0.378 e. The summed E-state index contributed by atoms with van der Waals surface area (Å²) >= 11 is 0. The average Bonchev–Trinajstić information content (AvgIpc) is 2.68. The molecular weight excluding hydrogens is 354 g/mol. The van der Waals surface area contributed by atoms with Crippen LogP contribution >= 0.6 is 0 Å². The molecule has 0 radical (unpaired) electrons. The van der Waals surface area contributed by atoms with Gasteiger partial charge in [-0.3, -0.25) is 9.59 Å². The van der Waals surface area contributed by atoms with Crippen molar-refractivity contribution >= 4 is 23.2 Å². The van der Waals surface area contributed by atoms with Gasteiger partial charge in [-0.05, 0) is 43.9 Å². The van der Waals surface area contributed by atoms with E-state index >= 15 is 0 Å². The van der Waals surface area contributed by atoms with E-state index in [1.54, 1.807) is 24.3 Å². The lowest BCUT2D eigenvalue weighted by Gasteiger charge is -2.25. The molecule has 0 saturated carbocycles. The minimum Gasteiger partial charge on any atom is -0.378 e. The Labute approximate surface area is 165 Å². The van der Waals surface area contributed by atoms with Gasteiger partial charge in [0.25, 0.3) is 0 Å². The van der Waals surface area contributed by atoms with Crippen molar-refractivity contribution < 1.29 is 9.59 Å². The van der Waals surface area contributed by atoms with Crippen molar-refractivity contribution in [2.75, 3.05) is 45.0 Å². The Kier molecular flexibility index (Phi) is 7.13. The number of rotatable bonds is 6. The summed E-state index contributed by atoms with van der Waals surface area (Å²) in [7, 11) is 7.78. The summed E-state index contributed by atoms with van der Waals surface area (Å²) in [5.41, 5.74) is 2.73. The van der Waals surface area contributed by atoms with Gasteiger partial charge in [0.2, 0.25) is 0 Å². The summed E-state index contributed by atoms with van der Waals surface area (Å²) in [6.07, 6.45) is 0. The van der Waals surface area contributed by atoms with E-state index in [2.05, 4.69) is 10.6 Å². The molecule has 0 heterocycles. The monoisotopic (exact) mass is 379 g/mol. The number of anilines is 2. The van der Waals surface area contributed by atoms with Crippen molar-refractivity contribution in [3.63, 3.8) is 0 Å². The van der Waals surface area contributed by atoms with Gasteiger partial charge in [0.05, 0.1) is 17.3 Å². The van der Waals surface area contributed by atoms with E-state index < -0.39 is 11.8 Å². The molecule has 28 heavy (non-hydrogen) atoms. The first kappa shape index (κ1) is 20.9. The van der Waals surface area contributed by atoms with Gasteiger partial charge in [0.15, 0.2) is 0 Å². The summed E-state index contributed by atoms with van der Waals surface area (Å²) in [5.74, 6) is -1.55. The third-order valence-corrected chi connectivity index (χ3v) is 4.38. The third-order valence-electron chi connectivity index (χ3n) is 4.38. The molecule has 7 heteroatoms. The molecule has 1 atom stereocenters. The topological polar surface area (TPSA) is 88.5 Å². The molecule has 2 amide bonds. The molecule has 0 fully saturated rings. The fourth-order valence-electron chi connectivity index (χ4n) is 2.73. The highest BCUT2D eigenvalue weighted by atomic mass is 16.2. The highest BCUT2D eigenvalue weighted by Gasteiger charge is 2.19. The molecule has 2 aromatic rings. The molecule has 146 valence electrons. The quantitative estimate of drug-likeness (QED) is 0.750. The van der Waals surface area contributed by atoms with Crippen LogP contribution in [0.25, 0.3) is 0 Å². The zero-order chi connectivity index (χ0) is 20.7. The van der Waals surface area contributed by atoms with Gasteiger partial charge in [0, 0.05) is 26.3 Å². The fraction of sp³-hybridized carbons (Fsp3) is 0.286. The standard InChI is InChI=1S/C21H25N5O2/c1-25(2)17-11-9-15(10-12-17)19(26(3)4)14-23-20(27)21(28)24-18-8-6-5-7-16(18)13-22/h5-12,19H,14H2,1-4H3,(H,23,27)(H,24,28)/t19-/m1/s1. The molecule has 2 rings (SSSR count). The SMILES string of the molecule is CN(C)c1ccc([C@@H](CNC(=O)C(=O)Nc2ccccc2C#N)N(C)C)cc1. The Morgan fingerprint density at radius 2 is 1.64 bits per heavy atom. The smallest absolute Gasteiger partial charge is 0.313 e. The molecule has 0 bridgehead atoms. The van der Waals surface area contributed by atoms with E-state index in [0.29, 0.717) is 11.3 Å². The molecule has 0 aromatic heterocycles. The fourth-order valence-corrected chi connectivity index (χ4v) is 2.73. The number of nitrogens with zero attached hydrogens (tertiary/aromatic N) is 3. The van der Waals surface area contributed by atoms with Gasteiger partial charge < -0.3 is 20.4 Å². The summed E-state index contributed by atoms with van der Waals surface area (Å²) in [6.45, 7) is 0.278. The van der Waals surface area contributed by atoms with Crippen LogP contribution in [0.5, 0.6) is 0 Å². The molecule has 0 aliphatic rings. The summed E-state index contributed by atoms with van der Waals surface area (Å²) in [5, 5.41) is 14.2. The van der Waals surface area contributed by atoms with Crippen molar-refractivity contribution in [3.05, 3.63) is 59.7 Å². The number of benzene rings is 2. The molecule has 2 aromatic carbocycles. The summed E-state index contributed by atoms with van der Waals surface area (Å²) in [6, 6.07) is 16.5. The number of likely N-dealkylation sites (N-methyl/N-ethyl adjacent to an activating group) is 1.